The number of halogens is 1. The molecule has 0 aliphatic heterocycles. The Bertz CT molecular complexity index is 1200. The van der Waals surface area contributed by atoms with Gasteiger partial charge in [-0.15, -0.1) is 0 Å². The second-order valence-electron chi connectivity index (χ2n) is 6.55. The third-order valence-electron chi connectivity index (χ3n) is 4.42. The molecule has 0 aliphatic rings. The van der Waals surface area contributed by atoms with Crippen molar-refractivity contribution < 1.29 is 4.74 Å². The Hall–Kier alpha value is -3.05. The van der Waals surface area contributed by atoms with Crippen LogP contribution in [-0.2, 0) is 7.05 Å². The van der Waals surface area contributed by atoms with Crippen LogP contribution in [0.4, 0.5) is 0 Å². The lowest BCUT2D eigenvalue weighted by Gasteiger charge is -2.14. The van der Waals surface area contributed by atoms with E-state index in [0.717, 1.165) is 28.0 Å². The third kappa shape index (κ3) is 3.22. The van der Waals surface area contributed by atoms with Crippen molar-refractivity contribution in [1.82, 2.24) is 14.5 Å². The summed E-state index contributed by atoms with van der Waals surface area (Å²) in [5.41, 5.74) is 4.00. The van der Waals surface area contributed by atoms with Crippen LogP contribution in [0.25, 0.3) is 22.2 Å². The van der Waals surface area contributed by atoms with E-state index in [2.05, 4.69) is 9.97 Å². The summed E-state index contributed by atoms with van der Waals surface area (Å²) < 4.78 is 7.80. The van der Waals surface area contributed by atoms with E-state index in [0.29, 0.717) is 22.1 Å². The first-order valence-electron chi connectivity index (χ1n) is 8.53. The topological polar surface area (TPSA) is 59.9 Å². The first kappa shape index (κ1) is 17.4. The predicted molar refractivity (Wildman–Crippen MR) is 108 cm³/mol. The highest BCUT2D eigenvalue weighted by Crippen LogP contribution is 2.39. The molecule has 0 spiro atoms. The molecule has 2 aromatic carbocycles. The van der Waals surface area contributed by atoms with Crippen LogP contribution in [0.3, 0.4) is 0 Å². The first-order valence-corrected chi connectivity index (χ1v) is 8.90. The molecule has 0 saturated heterocycles. The summed E-state index contributed by atoms with van der Waals surface area (Å²) in [6.07, 6.45) is 1.81. The number of H-pyrrole nitrogens is 1. The fraction of sp³-hybridized carbons (Fsp3) is 0.143. The van der Waals surface area contributed by atoms with Crippen LogP contribution >= 0.6 is 11.6 Å². The number of benzene rings is 2. The van der Waals surface area contributed by atoms with E-state index < -0.39 is 0 Å². The number of hydrogen-bond acceptors (Lipinski definition) is 3. The standard InChI is InChI=1S/C21H18ClN3O2/c1-12-9-14(11-25(3)21(12)26)17-7-8-18-19(24-13(2)23-18)20(17)27-16-6-4-5-15(22)10-16/h4-11H,1-3H3,(H,23,24). The number of aromatic amines is 1. The van der Waals surface area contributed by atoms with Crippen molar-refractivity contribution in [1.29, 1.82) is 0 Å². The summed E-state index contributed by atoms with van der Waals surface area (Å²) in [6, 6.07) is 13.0. The zero-order chi connectivity index (χ0) is 19.1. The van der Waals surface area contributed by atoms with E-state index in [1.165, 1.54) is 0 Å². The Morgan fingerprint density at radius 1 is 1.15 bits per heavy atom. The maximum Gasteiger partial charge on any atom is 0.253 e. The Labute approximate surface area is 161 Å². The van der Waals surface area contributed by atoms with Gasteiger partial charge in [-0.05, 0) is 50.2 Å². The van der Waals surface area contributed by atoms with Gasteiger partial charge in [0, 0.05) is 35.0 Å². The number of nitrogens with one attached hydrogen (secondary N) is 1. The Balaban J connectivity index is 1.96. The summed E-state index contributed by atoms with van der Waals surface area (Å²) in [5.74, 6) is 2.05. The molecule has 4 aromatic rings. The van der Waals surface area contributed by atoms with E-state index in [4.69, 9.17) is 16.3 Å². The van der Waals surface area contributed by atoms with Crippen LogP contribution in [0, 0.1) is 13.8 Å². The summed E-state index contributed by atoms with van der Waals surface area (Å²) in [4.78, 5) is 19.9. The van der Waals surface area contributed by atoms with Crippen LogP contribution < -0.4 is 10.3 Å². The molecule has 1 N–H and O–H groups in total. The van der Waals surface area contributed by atoms with Gasteiger partial charge in [0.1, 0.15) is 17.1 Å². The van der Waals surface area contributed by atoms with Crippen LogP contribution in [0.2, 0.25) is 5.02 Å². The average molecular weight is 380 g/mol. The van der Waals surface area contributed by atoms with Crippen molar-refractivity contribution in [3.05, 3.63) is 75.4 Å². The quantitative estimate of drug-likeness (QED) is 0.545. The lowest BCUT2D eigenvalue weighted by atomic mass is 10.0. The van der Waals surface area contributed by atoms with Gasteiger partial charge >= 0.3 is 0 Å². The largest absolute Gasteiger partial charge is 0.454 e. The first-order chi connectivity index (χ1) is 12.9. The summed E-state index contributed by atoms with van der Waals surface area (Å²) in [5, 5.41) is 0.595. The molecular formula is C21H18ClN3O2. The Kier molecular flexibility index (Phi) is 4.24. The molecule has 0 radical (unpaired) electrons. The van der Waals surface area contributed by atoms with E-state index in [-0.39, 0.29) is 5.56 Å². The second kappa shape index (κ2) is 6.59. The summed E-state index contributed by atoms with van der Waals surface area (Å²) >= 11 is 6.11. The van der Waals surface area contributed by atoms with Crippen molar-refractivity contribution in [2.24, 2.45) is 7.05 Å². The van der Waals surface area contributed by atoms with Gasteiger partial charge in [-0.2, -0.15) is 0 Å². The smallest absolute Gasteiger partial charge is 0.253 e. The third-order valence-corrected chi connectivity index (χ3v) is 4.65. The van der Waals surface area contributed by atoms with Gasteiger partial charge in [0.2, 0.25) is 0 Å². The minimum Gasteiger partial charge on any atom is -0.454 e. The van der Waals surface area contributed by atoms with Crippen LogP contribution in [0.1, 0.15) is 11.4 Å². The molecule has 0 amide bonds. The number of rotatable bonds is 3. The molecule has 0 unspecified atom stereocenters. The maximum atomic E-state index is 12.1. The van der Waals surface area contributed by atoms with Gasteiger partial charge in [-0.3, -0.25) is 4.79 Å². The van der Waals surface area contributed by atoms with Crippen LogP contribution in [-0.4, -0.2) is 14.5 Å². The maximum absolute atomic E-state index is 12.1. The predicted octanol–water partition coefficient (Wildman–Crippen LogP) is 4.99. The monoisotopic (exact) mass is 379 g/mol. The number of aryl methyl sites for hydroxylation is 3. The minimum atomic E-state index is -0.0206. The van der Waals surface area contributed by atoms with E-state index in [9.17, 15) is 4.79 Å². The number of fused-ring (bicyclic) bond motifs is 1. The molecule has 2 aromatic heterocycles. The van der Waals surface area contributed by atoms with Gasteiger partial charge in [0.25, 0.3) is 5.56 Å². The fourth-order valence-electron chi connectivity index (χ4n) is 3.18. The molecule has 2 heterocycles. The molecule has 6 heteroatoms. The van der Waals surface area contributed by atoms with Crippen LogP contribution in [0.15, 0.2) is 53.5 Å². The fourth-order valence-corrected chi connectivity index (χ4v) is 3.36. The molecular weight excluding hydrogens is 362 g/mol. The molecule has 0 bridgehead atoms. The number of hydrogen-bond donors (Lipinski definition) is 1. The molecule has 27 heavy (non-hydrogen) atoms. The van der Waals surface area contributed by atoms with Gasteiger partial charge in [-0.25, -0.2) is 4.98 Å². The van der Waals surface area contributed by atoms with Crippen molar-refractivity contribution in [3.8, 4) is 22.6 Å². The molecule has 0 saturated carbocycles. The van der Waals surface area contributed by atoms with E-state index >= 15 is 0 Å². The molecule has 4 rings (SSSR count). The molecule has 0 atom stereocenters. The number of ether oxygens (including phenoxy) is 1. The van der Waals surface area contributed by atoms with E-state index in [1.807, 2.05) is 37.3 Å². The lowest BCUT2D eigenvalue weighted by molar-refractivity contribution is 0.489. The van der Waals surface area contributed by atoms with Gasteiger partial charge in [0.05, 0.1) is 5.52 Å². The van der Waals surface area contributed by atoms with E-state index in [1.54, 1.807) is 36.9 Å². The van der Waals surface area contributed by atoms with Crippen molar-refractivity contribution >= 4 is 22.6 Å². The zero-order valence-corrected chi connectivity index (χ0v) is 16.0. The van der Waals surface area contributed by atoms with Gasteiger partial charge < -0.3 is 14.3 Å². The number of pyridine rings is 1. The number of imidazole rings is 1. The molecule has 5 nitrogen and oxygen atoms in total. The normalized spacial score (nSPS) is 11.1. The zero-order valence-electron chi connectivity index (χ0n) is 15.2. The lowest BCUT2D eigenvalue weighted by Crippen LogP contribution is -2.18. The minimum absolute atomic E-state index is 0.0206. The highest BCUT2D eigenvalue weighted by Gasteiger charge is 2.16. The SMILES string of the molecule is Cc1nc2c(Oc3cccc(Cl)c3)c(-c3cc(C)c(=O)n(C)c3)ccc2[nH]1. The summed E-state index contributed by atoms with van der Waals surface area (Å²) in [6.45, 7) is 3.71. The molecule has 0 aliphatic carbocycles. The Morgan fingerprint density at radius 2 is 1.96 bits per heavy atom. The highest BCUT2D eigenvalue weighted by atomic mass is 35.5. The van der Waals surface area contributed by atoms with Crippen molar-refractivity contribution in [2.45, 2.75) is 13.8 Å². The average Bonchev–Trinajstić information content (AvgIpc) is 3.00. The summed E-state index contributed by atoms with van der Waals surface area (Å²) in [7, 11) is 1.74. The number of nitrogens with zero attached hydrogens (tertiary/aromatic N) is 2. The highest BCUT2D eigenvalue weighted by molar-refractivity contribution is 6.30. The van der Waals surface area contributed by atoms with Crippen molar-refractivity contribution in [2.75, 3.05) is 0 Å². The van der Waals surface area contributed by atoms with Crippen LogP contribution in [0.5, 0.6) is 11.5 Å². The van der Waals surface area contributed by atoms with Gasteiger partial charge in [-0.1, -0.05) is 17.7 Å². The molecule has 136 valence electrons. The Morgan fingerprint density at radius 3 is 2.70 bits per heavy atom. The molecule has 0 fully saturated rings. The second-order valence-corrected chi connectivity index (χ2v) is 6.98. The van der Waals surface area contributed by atoms with Crippen molar-refractivity contribution in [3.63, 3.8) is 0 Å². The van der Waals surface area contributed by atoms with Gasteiger partial charge in [0.15, 0.2) is 5.75 Å². The number of aromatic nitrogens is 3.